The number of morpholine rings is 1. The molecule has 6 nitrogen and oxygen atoms in total. The van der Waals surface area contributed by atoms with Gasteiger partial charge in [-0.05, 0) is 11.8 Å². The van der Waals surface area contributed by atoms with E-state index in [1.165, 1.54) is 0 Å². The number of ether oxygens (including phenoxy) is 1. The van der Waals surface area contributed by atoms with Crippen molar-refractivity contribution < 1.29 is 14.3 Å². The number of nitrogens with two attached hydrogens (primary N) is 1. The summed E-state index contributed by atoms with van der Waals surface area (Å²) >= 11 is 0. The van der Waals surface area contributed by atoms with Crippen LogP contribution in [0.5, 0.6) is 0 Å². The van der Waals surface area contributed by atoms with E-state index >= 15 is 0 Å². The van der Waals surface area contributed by atoms with E-state index in [4.69, 9.17) is 10.5 Å². The van der Waals surface area contributed by atoms with Crippen LogP contribution < -0.4 is 11.1 Å². The van der Waals surface area contributed by atoms with E-state index in [-0.39, 0.29) is 17.2 Å². The fourth-order valence-electron chi connectivity index (χ4n) is 2.00. The molecule has 0 aromatic rings. The first kappa shape index (κ1) is 16.9. The van der Waals surface area contributed by atoms with E-state index in [9.17, 15) is 9.59 Å². The highest BCUT2D eigenvalue weighted by molar-refractivity contribution is 5.90. The lowest BCUT2D eigenvalue weighted by atomic mass is 9.87. The molecule has 0 radical (unpaired) electrons. The maximum absolute atomic E-state index is 12.4. The predicted octanol–water partition coefficient (Wildman–Crippen LogP) is 0.113. The van der Waals surface area contributed by atoms with E-state index in [1.807, 2.05) is 27.7 Å². The predicted molar refractivity (Wildman–Crippen MR) is 77.1 cm³/mol. The van der Waals surface area contributed by atoms with Gasteiger partial charge in [0.1, 0.15) is 6.04 Å². The van der Waals surface area contributed by atoms with Gasteiger partial charge < -0.3 is 20.7 Å². The molecule has 20 heavy (non-hydrogen) atoms. The van der Waals surface area contributed by atoms with Gasteiger partial charge in [-0.15, -0.1) is 0 Å². The van der Waals surface area contributed by atoms with Gasteiger partial charge in [0.15, 0.2) is 0 Å². The van der Waals surface area contributed by atoms with Crippen LogP contribution in [0, 0.1) is 5.41 Å². The van der Waals surface area contributed by atoms with Crippen LogP contribution >= 0.6 is 0 Å². The molecule has 1 aliphatic heterocycles. The van der Waals surface area contributed by atoms with Gasteiger partial charge in [-0.2, -0.15) is 0 Å². The minimum absolute atomic E-state index is 0.0507. The van der Waals surface area contributed by atoms with Crippen molar-refractivity contribution in [3.63, 3.8) is 0 Å². The summed E-state index contributed by atoms with van der Waals surface area (Å²) in [6.45, 7) is 9.86. The Bertz CT molecular complexity index is 346. The summed E-state index contributed by atoms with van der Waals surface area (Å²) in [4.78, 5) is 26.2. The van der Waals surface area contributed by atoms with Crippen LogP contribution in [0.3, 0.4) is 0 Å². The molecular formula is C14H27N3O3. The van der Waals surface area contributed by atoms with Crippen LogP contribution in [-0.2, 0) is 14.3 Å². The number of rotatable bonds is 4. The first-order valence-electron chi connectivity index (χ1n) is 7.20. The van der Waals surface area contributed by atoms with Gasteiger partial charge in [0.25, 0.3) is 0 Å². The normalized spacial score (nSPS) is 19.4. The van der Waals surface area contributed by atoms with Crippen LogP contribution in [0.4, 0.5) is 0 Å². The van der Waals surface area contributed by atoms with Crippen molar-refractivity contribution in [3.8, 4) is 0 Å². The zero-order chi connectivity index (χ0) is 15.3. The zero-order valence-corrected chi connectivity index (χ0v) is 12.9. The highest BCUT2D eigenvalue weighted by atomic mass is 16.5. The van der Waals surface area contributed by atoms with Crippen molar-refractivity contribution in [1.82, 2.24) is 10.2 Å². The summed E-state index contributed by atoms with van der Waals surface area (Å²) in [5.74, 6) is -0.323. The Morgan fingerprint density at radius 1 is 1.30 bits per heavy atom. The molecule has 3 N–H and O–H groups in total. The number of nitrogens with one attached hydrogen (secondary N) is 1. The van der Waals surface area contributed by atoms with Crippen LogP contribution in [-0.4, -0.2) is 55.1 Å². The third kappa shape index (κ3) is 4.45. The highest BCUT2D eigenvalue weighted by Crippen LogP contribution is 2.17. The van der Waals surface area contributed by atoms with Crippen molar-refractivity contribution in [2.24, 2.45) is 11.1 Å². The lowest BCUT2D eigenvalue weighted by molar-refractivity contribution is -0.140. The molecule has 0 bridgehead atoms. The lowest BCUT2D eigenvalue weighted by Gasteiger charge is -2.32. The topological polar surface area (TPSA) is 84.7 Å². The Labute approximate surface area is 121 Å². The van der Waals surface area contributed by atoms with Crippen molar-refractivity contribution in [3.05, 3.63) is 0 Å². The first-order valence-corrected chi connectivity index (χ1v) is 7.20. The Kier molecular flexibility index (Phi) is 5.95. The minimum atomic E-state index is -0.631. The lowest BCUT2D eigenvalue weighted by Crippen LogP contribution is -2.56. The van der Waals surface area contributed by atoms with Crippen molar-refractivity contribution in [2.75, 3.05) is 26.3 Å². The minimum Gasteiger partial charge on any atom is -0.378 e. The standard InChI is InChI=1S/C14H27N3O3/c1-5-10(13(19)17-6-8-20-9-7-17)16-12(18)11(15)14(2,3)4/h10-11H,5-9,15H2,1-4H3,(H,16,18)/t10?,11-/m1/s1. The van der Waals surface area contributed by atoms with Crippen LogP contribution in [0.15, 0.2) is 0 Å². The Hall–Kier alpha value is -1.14. The third-order valence-corrected chi connectivity index (χ3v) is 3.56. The molecule has 6 heteroatoms. The van der Waals surface area contributed by atoms with E-state index in [0.717, 1.165) is 0 Å². The van der Waals surface area contributed by atoms with E-state index < -0.39 is 12.1 Å². The molecule has 1 unspecified atom stereocenters. The number of hydrogen-bond donors (Lipinski definition) is 2. The Morgan fingerprint density at radius 3 is 2.30 bits per heavy atom. The smallest absolute Gasteiger partial charge is 0.245 e. The van der Waals surface area contributed by atoms with Gasteiger partial charge in [0, 0.05) is 13.1 Å². The molecule has 116 valence electrons. The summed E-state index contributed by atoms with van der Waals surface area (Å²) in [7, 11) is 0. The quantitative estimate of drug-likeness (QED) is 0.768. The van der Waals surface area contributed by atoms with Gasteiger partial charge in [0.05, 0.1) is 19.3 Å². The molecule has 0 aromatic carbocycles. The van der Waals surface area contributed by atoms with Crippen LogP contribution in [0.25, 0.3) is 0 Å². The Morgan fingerprint density at radius 2 is 1.85 bits per heavy atom. The molecule has 0 aliphatic carbocycles. The molecular weight excluding hydrogens is 258 g/mol. The van der Waals surface area contributed by atoms with Gasteiger partial charge in [-0.1, -0.05) is 27.7 Å². The third-order valence-electron chi connectivity index (χ3n) is 3.56. The van der Waals surface area contributed by atoms with Gasteiger partial charge >= 0.3 is 0 Å². The number of hydrogen-bond acceptors (Lipinski definition) is 4. The summed E-state index contributed by atoms with van der Waals surface area (Å²) in [5, 5.41) is 2.77. The van der Waals surface area contributed by atoms with E-state index in [0.29, 0.717) is 32.7 Å². The van der Waals surface area contributed by atoms with Crippen molar-refractivity contribution in [1.29, 1.82) is 0 Å². The largest absolute Gasteiger partial charge is 0.378 e. The summed E-state index contributed by atoms with van der Waals surface area (Å²) in [5.41, 5.74) is 5.59. The molecule has 2 atom stereocenters. The molecule has 1 fully saturated rings. The zero-order valence-electron chi connectivity index (χ0n) is 12.9. The molecule has 0 aromatic heterocycles. The van der Waals surface area contributed by atoms with E-state index in [2.05, 4.69) is 5.32 Å². The monoisotopic (exact) mass is 285 g/mol. The number of carbonyl (C=O) groups is 2. The second kappa shape index (κ2) is 7.04. The average molecular weight is 285 g/mol. The van der Waals surface area contributed by atoms with Crippen LogP contribution in [0.1, 0.15) is 34.1 Å². The maximum Gasteiger partial charge on any atom is 0.245 e. The molecule has 1 heterocycles. The summed E-state index contributed by atoms with van der Waals surface area (Å²) < 4.78 is 5.23. The van der Waals surface area contributed by atoms with Crippen LogP contribution in [0.2, 0.25) is 0 Å². The Balaban J connectivity index is 2.62. The van der Waals surface area contributed by atoms with Crippen molar-refractivity contribution in [2.45, 2.75) is 46.2 Å². The molecule has 2 amide bonds. The van der Waals surface area contributed by atoms with E-state index in [1.54, 1.807) is 4.90 Å². The van der Waals surface area contributed by atoms with Gasteiger partial charge in [-0.25, -0.2) is 0 Å². The maximum atomic E-state index is 12.4. The van der Waals surface area contributed by atoms with Gasteiger partial charge in [0.2, 0.25) is 11.8 Å². The molecule has 0 spiro atoms. The second-order valence-corrected chi connectivity index (χ2v) is 6.25. The molecule has 1 rings (SSSR count). The summed E-state index contributed by atoms with van der Waals surface area (Å²) in [6.07, 6.45) is 0.554. The molecule has 1 aliphatic rings. The fraction of sp³-hybridized carbons (Fsp3) is 0.857. The fourth-order valence-corrected chi connectivity index (χ4v) is 2.00. The number of carbonyl (C=O) groups excluding carboxylic acids is 2. The molecule has 0 saturated carbocycles. The van der Waals surface area contributed by atoms with Crippen molar-refractivity contribution >= 4 is 11.8 Å². The summed E-state index contributed by atoms with van der Waals surface area (Å²) in [6, 6.07) is -1.14. The number of nitrogens with zero attached hydrogens (tertiary/aromatic N) is 1. The second-order valence-electron chi connectivity index (χ2n) is 6.25. The SMILES string of the molecule is CCC(NC(=O)[C@@H](N)C(C)(C)C)C(=O)N1CCOCC1. The average Bonchev–Trinajstić information content (AvgIpc) is 2.42. The highest BCUT2D eigenvalue weighted by Gasteiger charge is 2.31. The van der Waals surface area contributed by atoms with Gasteiger partial charge in [-0.3, -0.25) is 9.59 Å². The number of amides is 2. The first-order chi connectivity index (χ1) is 9.27. The molecule has 1 saturated heterocycles.